The van der Waals surface area contributed by atoms with E-state index >= 15 is 0 Å². The van der Waals surface area contributed by atoms with Gasteiger partial charge in [-0.3, -0.25) is 13.9 Å². The number of hydrogen-bond donors (Lipinski definition) is 1. The van der Waals surface area contributed by atoms with Crippen LogP contribution in [-0.2, 0) is 14.8 Å². The molecule has 28 heavy (non-hydrogen) atoms. The summed E-state index contributed by atoms with van der Waals surface area (Å²) in [5.41, 5.74) is 2.26. The van der Waals surface area contributed by atoms with Crippen molar-refractivity contribution in [1.29, 1.82) is 0 Å². The van der Waals surface area contributed by atoms with Crippen LogP contribution in [0.5, 0.6) is 0 Å². The molecule has 150 valence electrons. The standard InChI is InChI=1S/C19H22IN3O4S/c1-13-11-15(20)7-10-17(13)21-18(24)12-23(28(4,26)27)16-8-5-14(6-9-16)19(25)22(2)3/h5-11H,12H2,1-4H3,(H,21,24). The van der Waals surface area contributed by atoms with Crippen molar-refractivity contribution >= 4 is 55.8 Å². The zero-order valence-electron chi connectivity index (χ0n) is 16.1. The zero-order chi connectivity index (χ0) is 21.1. The van der Waals surface area contributed by atoms with E-state index in [2.05, 4.69) is 27.9 Å². The number of benzene rings is 2. The van der Waals surface area contributed by atoms with Crippen LogP contribution in [0.25, 0.3) is 0 Å². The van der Waals surface area contributed by atoms with E-state index in [1.165, 1.54) is 29.2 Å². The molecule has 0 aliphatic heterocycles. The first kappa shape index (κ1) is 22.2. The number of amides is 2. The fraction of sp³-hybridized carbons (Fsp3) is 0.263. The summed E-state index contributed by atoms with van der Waals surface area (Å²) < 4.78 is 26.5. The van der Waals surface area contributed by atoms with Gasteiger partial charge in [0.05, 0.1) is 11.9 Å². The van der Waals surface area contributed by atoms with Gasteiger partial charge in [-0.05, 0) is 77.5 Å². The van der Waals surface area contributed by atoms with Gasteiger partial charge in [0.2, 0.25) is 15.9 Å². The van der Waals surface area contributed by atoms with Crippen molar-refractivity contribution < 1.29 is 18.0 Å². The maximum Gasteiger partial charge on any atom is 0.253 e. The predicted molar refractivity (Wildman–Crippen MR) is 119 cm³/mol. The highest BCUT2D eigenvalue weighted by Gasteiger charge is 2.21. The molecule has 0 aliphatic carbocycles. The lowest BCUT2D eigenvalue weighted by atomic mass is 10.2. The van der Waals surface area contributed by atoms with Crippen molar-refractivity contribution in [3.8, 4) is 0 Å². The molecule has 2 rings (SSSR count). The van der Waals surface area contributed by atoms with Gasteiger partial charge < -0.3 is 10.2 Å². The van der Waals surface area contributed by atoms with Crippen molar-refractivity contribution in [2.75, 3.05) is 36.5 Å². The number of anilines is 2. The van der Waals surface area contributed by atoms with Crippen LogP contribution in [0.15, 0.2) is 42.5 Å². The van der Waals surface area contributed by atoms with Crippen molar-refractivity contribution in [1.82, 2.24) is 4.90 Å². The summed E-state index contributed by atoms with van der Waals surface area (Å²) in [7, 11) is -0.426. The van der Waals surface area contributed by atoms with E-state index in [0.717, 1.165) is 19.7 Å². The molecular weight excluding hydrogens is 493 g/mol. The fourth-order valence-corrected chi connectivity index (χ4v) is 4.02. The normalized spacial score (nSPS) is 11.0. The number of nitrogens with zero attached hydrogens (tertiary/aromatic N) is 2. The highest BCUT2D eigenvalue weighted by molar-refractivity contribution is 14.1. The first-order valence-corrected chi connectivity index (χ1v) is 11.3. The number of carbonyl (C=O) groups is 2. The van der Waals surface area contributed by atoms with E-state index in [0.29, 0.717) is 16.9 Å². The van der Waals surface area contributed by atoms with Gasteiger partial charge in [-0.15, -0.1) is 0 Å². The van der Waals surface area contributed by atoms with Crippen LogP contribution in [0, 0.1) is 10.5 Å². The van der Waals surface area contributed by atoms with E-state index in [4.69, 9.17) is 0 Å². The third-order valence-corrected chi connectivity index (χ3v) is 5.77. The maximum atomic E-state index is 12.5. The Bertz CT molecular complexity index is 989. The molecule has 0 heterocycles. The van der Waals surface area contributed by atoms with Crippen LogP contribution in [0.3, 0.4) is 0 Å². The number of carbonyl (C=O) groups excluding carboxylic acids is 2. The average Bonchev–Trinajstić information content (AvgIpc) is 2.60. The SMILES string of the molecule is Cc1cc(I)ccc1NC(=O)CN(c1ccc(C(=O)N(C)C)cc1)S(C)(=O)=O. The average molecular weight is 515 g/mol. The molecule has 0 bridgehead atoms. The Morgan fingerprint density at radius 3 is 2.18 bits per heavy atom. The summed E-state index contributed by atoms with van der Waals surface area (Å²) in [5.74, 6) is -0.646. The molecule has 2 amide bonds. The number of aryl methyl sites for hydroxylation is 1. The van der Waals surface area contributed by atoms with E-state index < -0.39 is 15.9 Å². The Morgan fingerprint density at radius 1 is 1.07 bits per heavy atom. The highest BCUT2D eigenvalue weighted by atomic mass is 127. The molecule has 0 saturated carbocycles. The van der Waals surface area contributed by atoms with Gasteiger partial charge in [-0.2, -0.15) is 0 Å². The highest BCUT2D eigenvalue weighted by Crippen LogP contribution is 2.21. The van der Waals surface area contributed by atoms with Crippen LogP contribution in [0.4, 0.5) is 11.4 Å². The van der Waals surface area contributed by atoms with Crippen molar-refractivity contribution in [3.63, 3.8) is 0 Å². The number of sulfonamides is 1. The molecule has 0 aromatic heterocycles. The molecule has 0 fully saturated rings. The van der Waals surface area contributed by atoms with E-state index in [-0.39, 0.29) is 12.5 Å². The third-order valence-electron chi connectivity index (χ3n) is 3.96. The topological polar surface area (TPSA) is 86.8 Å². The van der Waals surface area contributed by atoms with Crippen LogP contribution < -0.4 is 9.62 Å². The second-order valence-electron chi connectivity index (χ2n) is 6.52. The second kappa shape index (κ2) is 8.91. The summed E-state index contributed by atoms with van der Waals surface area (Å²) in [6, 6.07) is 11.7. The van der Waals surface area contributed by atoms with Gasteiger partial charge in [0.15, 0.2) is 0 Å². The summed E-state index contributed by atoms with van der Waals surface area (Å²) in [6.45, 7) is 1.50. The summed E-state index contributed by atoms with van der Waals surface area (Å²) in [6.07, 6.45) is 1.04. The van der Waals surface area contributed by atoms with Gasteiger partial charge in [-0.1, -0.05) is 0 Å². The summed E-state index contributed by atoms with van der Waals surface area (Å²) in [4.78, 5) is 25.9. The quantitative estimate of drug-likeness (QED) is 0.600. The van der Waals surface area contributed by atoms with Gasteiger partial charge in [-0.25, -0.2) is 8.42 Å². The van der Waals surface area contributed by atoms with Gasteiger partial charge in [0, 0.05) is 28.9 Å². The minimum Gasteiger partial charge on any atom is -0.345 e. The number of nitrogens with one attached hydrogen (secondary N) is 1. The summed E-state index contributed by atoms with van der Waals surface area (Å²) in [5, 5.41) is 2.75. The Labute approximate surface area is 178 Å². The smallest absolute Gasteiger partial charge is 0.253 e. The zero-order valence-corrected chi connectivity index (χ0v) is 19.0. The van der Waals surface area contributed by atoms with Crippen molar-refractivity contribution in [3.05, 3.63) is 57.2 Å². The lowest BCUT2D eigenvalue weighted by Crippen LogP contribution is -2.37. The Balaban J connectivity index is 2.22. The molecule has 2 aromatic carbocycles. The largest absolute Gasteiger partial charge is 0.345 e. The Morgan fingerprint density at radius 2 is 1.68 bits per heavy atom. The van der Waals surface area contributed by atoms with E-state index in [9.17, 15) is 18.0 Å². The molecule has 9 heteroatoms. The molecule has 0 aliphatic rings. The molecule has 0 saturated heterocycles. The van der Waals surface area contributed by atoms with E-state index in [1.54, 1.807) is 20.2 Å². The lowest BCUT2D eigenvalue weighted by Gasteiger charge is -2.22. The third kappa shape index (κ3) is 5.68. The first-order valence-electron chi connectivity index (χ1n) is 8.34. The first-order chi connectivity index (χ1) is 13.0. The van der Waals surface area contributed by atoms with Crippen molar-refractivity contribution in [2.45, 2.75) is 6.92 Å². The Hall–Kier alpha value is -2.14. The van der Waals surface area contributed by atoms with E-state index in [1.807, 2.05) is 19.1 Å². The molecule has 0 unspecified atom stereocenters. The molecule has 7 nitrogen and oxygen atoms in total. The molecule has 0 atom stereocenters. The maximum absolute atomic E-state index is 12.5. The fourth-order valence-electron chi connectivity index (χ4n) is 2.52. The van der Waals surface area contributed by atoms with Gasteiger partial charge in [0.1, 0.15) is 6.54 Å². The minimum atomic E-state index is -3.70. The second-order valence-corrected chi connectivity index (χ2v) is 9.68. The van der Waals surface area contributed by atoms with Crippen LogP contribution in [-0.4, -0.2) is 52.0 Å². The number of hydrogen-bond acceptors (Lipinski definition) is 4. The lowest BCUT2D eigenvalue weighted by molar-refractivity contribution is -0.114. The molecular formula is C19H22IN3O4S. The minimum absolute atomic E-state index is 0.190. The molecule has 1 N–H and O–H groups in total. The predicted octanol–water partition coefficient (Wildman–Crippen LogP) is 2.71. The Kier molecular flexibility index (Phi) is 7.05. The number of halogens is 1. The molecule has 0 spiro atoms. The molecule has 0 radical (unpaired) electrons. The summed E-state index contributed by atoms with van der Waals surface area (Å²) >= 11 is 2.18. The van der Waals surface area contributed by atoms with Gasteiger partial charge >= 0.3 is 0 Å². The number of rotatable bonds is 6. The van der Waals surface area contributed by atoms with Crippen LogP contribution in [0.2, 0.25) is 0 Å². The van der Waals surface area contributed by atoms with Crippen molar-refractivity contribution in [2.24, 2.45) is 0 Å². The van der Waals surface area contributed by atoms with Gasteiger partial charge in [0.25, 0.3) is 5.91 Å². The molecule has 2 aromatic rings. The monoisotopic (exact) mass is 515 g/mol. The van der Waals surface area contributed by atoms with Crippen LogP contribution in [0.1, 0.15) is 15.9 Å². The van der Waals surface area contributed by atoms with Crippen LogP contribution >= 0.6 is 22.6 Å².